The number of carbonyl (C=O) groups is 2. The van der Waals surface area contributed by atoms with Gasteiger partial charge in [-0.05, 0) is 43.5 Å². The summed E-state index contributed by atoms with van der Waals surface area (Å²) in [5, 5.41) is 4.57. The van der Waals surface area contributed by atoms with Gasteiger partial charge in [0.25, 0.3) is 5.91 Å². The van der Waals surface area contributed by atoms with Crippen molar-refractivity contribution in [3.05, 3.63) is 46.7 Å². The first-order valence-corrected chi connectivity index (χ1v) is 9.08. The molecule has 6 nitrogen and oxygen atoms in total. The summed E-state index contributed by atoms with van der Waals surface area (Å²) < 4.78 is 15.9. The van der Waals surface area contributed by atoms with Crippen molar-refractivity contribution in [2.75, 3.05) is 25.1 Å². The second-order valence-electron chi connectivity index (χ2n) is 5.03. The number of carbonyl (C=O) groups excluding carboxylic acids is 2. The maximum absolute atomic E-state index is 11.9. The van der Waals surface area contributed by atoms with E-state index >= 15 is 0 Å². The Morgan fingerprint density at radius 2 is 1.88 bits per heavy atom. The fourth-order valence-corrected chi connectivity index (χ4v) is 2.67. The van der Waals surface area contributed by atoms with Crippen molar-refractivity contribution in [1.29, 1.82) is 0 Å². The molecular weight excluding hydrogens is 354 g/mol. The smallest absolute Gasteiger partial charge is 0.331 e. The Bertz CT molecular complexity index is 755. The van der Waals surface area contributed by atoms with Crippen LogP contribution in [0.25, 0.3) is 6.08 Å². The van der Waals surface area contributed by atoms with Gasteiger partial charge >= 0.3 is 5.97 Å². The largest absolute Gasteiger partial charge is 0.490 e. The highest BCUT2D eigenvalue weighted by molar-refractivity contribution is 7.10. The number of rotatable bonds is 9. The third-order valence-corrected chi connectivity index (χ3v) is 3.94. The van der Waals surface area contributed by atoms with Gasteiger partial charge in [0.1, 0.15) is 0 Å². The summed E-state index contributed by atoms with van der Waals surface area (Å²) in [6.45, 7) is 4.37. The predicted octanol–water partition coefficient (Wildman–Crippen LogP) is 3.74. The van der Waals surface area contributed by atoms with Gasteiger partial charge in [-0.3, -0.25) is 4.79 Å². The molecule has 0 radical (unpaired) electrons. The molecule has 0 fully saturated rings. The van der Waals surface area contributed by atoms with E-state index in [4.69, 9.17) is 14.2 Å². The van der Waals surface area contributed by atoms with E-state index in [1.807, 2.05) is 31.4 Å². The lowest BCUT2D eigenvalue weighted by molar-refractivity contribution is -0.142. The second-order valence-corrected chi connectivity index (χ2v) is 6.01. The molecule has 2 rings (SSSR count). The zero-order valence-electron chi connectivity index (χ0n) is 14.7. The lowest BCUT2D eigenvalue weighted by Crippen LogP contribution is -2.20. The van der Waals surface area contributed by atoms with E-state index in [9.17, 15) is 9.59 Å². The third-order valence-electron chi connectivity index (χ3n) is 3.10. The minimum Gasteiger partial charge on any atom is -0.490 e. The molecule has 0 bridgehead atoms. The number of amides is 1. The topological polar surface area (TPSA) is 73.9 Å². The fraction of sp³-hybridized carbons (Fsp3) is 0.263. The van der Waals surface area contributed by atoms with Crippen LogP contribution in [-0.2, 0) is 14.3 Å². The summed E-state index contributed by atoms with van der Waals surface area (Å²) in [7, 11) is 0. The highest BCUT2D eigenvalue weighted by Crippen LogP contribution is 2.30. The highest BCUT2D eigenvalue weighted by Gasteiger charge is 2.10. The Morgan fingerprint density at radius 1 is 1.12 bits per heavy atom. The number of hydrogen-bond acceptors (Lipinski definition) is 6. The van der Waals surface area contributed by atoms with Gasteiger partial charge in [0, 0.05) is 22.7 Å². The van der Waals surface area contributed by atoms with Gasteiger partial charge in [-0.15, -0.1) is 11.3 Å². The van der Waals surface area contributed by atoms with Crippen molar-refractivity contribution in [1.82, 2.24) is 0 Å². The summed E-state index contributed by atoms with van der Waals surface area (Å²) in [4.78, 5) is 24.5. The van der Waals surface area contributed by atoms with Crippen molar-refractivity contribution in [2.24, 2.45) is 0 Å². The number of esters is 1. The molecule has 1 N–H and O–H groups in total. The zero-order chi connectivity index (χ0) is 18.8. The van der Waals surface area contributed by atoms with Gasteiger partial charge in [-0.2, -0.15) is 0 Å². The Balaban J connectivity index is 1.86. The van der Waals surface area contributed by atoms with E-state index in [1.54, 1.807) is 24.3 Å². The molecule has 7 heteroatoms. The van der Waals surface area contributed by atoms with E-state index in [2.05, 4.69) is 5.32 Å². The SMILES string of the molecule is CCOc1ccc(NC(=O)COC(=O)/C=C/c2cccs2)cc1OCC. The minimum absolute atomic E-state index is 0.370. The Morgan fingerprint density at radius 3 is 2.58 bits per heavy atom. The van der Waals surface area contributed by atoms with E-state index in [1.165, 1.54) is 17.4 Å². The van der Waals surface area contributed by atoms with E-state index < -0.39 is 11.9 Å². The van der Waals surface area contributed by atoms with Crippen molar-refractivity contribution < 1.29 is 23.8 Å². The number of ether oxygens (including phenoxy) is 3. The highest BCUT2D eigenvalue weighted by atomic mass is 32.1. The minimum atomic E-state index is -0.574. The summed E-state index contributed by atoms with van der Waals surface area (Å²) in [5.41, 5.74) is 0.534. The van der Waals surface area contributed by atoms with Crippen LogP contribution < -0.4 is 14.8 Å². The third kappa shape index (κ3) is 6.25. The van der Waals surface area contributed by atoms with E-state index in [0.717, 1.165) is 4.88 Å². The van der Waals surface area contributed by atoms with Gasteiger partial charge in [0.15, 0.2) is 18.1 Å². The zero-order valence-corrected chi connectivity index (χ0v) is 15.5. The first-order chi connectivity index (χ1) is 12.6. The number of anilines is 1. The van der Waals surface area contributed by atoms with Gasteiger partial charge in [0.05, 0.1) is 13.2 Å². The van der Waals surface area contributed by atoms with Crippen LogP contribution in [0, 0.1) is 0 Å². The van der Waals surface area contributed by atoms with Crippen LogP contribution in [0.2, 0.25) is 0 Å². The molecular formula is C19H21NO5S. The molecule has 2 aromatic rings. The Kier molecular flexibility index (Phi) is 7.70. The molecule has 0 unspecified atom stereocenters. The molecule has 1 aromatic heterocycles. The van der Waals surface area contributed by atoms with Crippen molar-refractivity contribution in [3.63, 3.8) is 0 Å². The first kappa shape index (κ1) is 19.5. The molecule has 1 heterocycles. The molecule has 0 saturated carbocycles. The molecule has 138 valence electrons. The van der Waals surface area contributed by atoms with Gasteiger partial charge in [-0.1, -0.05) is 6.07 Å². The summed E-state index contributed by atoms with van der Waals surface area (Å²) in [6, 6.07) is 8.86. The summed E-state index contributed by atoms with van der Waals surface area (Å²) in [6.07, 6.45) is 2.94. The van der Waals surface area contributed by atoms with Crippen molar-refractivity contribution >= 4 is 35.0 Å². The predicted molar refractivity (Wildman–Crippen MR) is 102 cm³/mol. The first-order valence-electron chi connectivity index (χ1n) is 8.20. The Labute approximate surface area is 156 Å². The van der Waals surface area contributed by atoms with Gasteiger partial charge < -0.3 is 19.5 Å². The number of nitrogens with one attached hydrogen (secondary N) is 1. The van der Waals surface area contributed by atoms with Crippen molar-refractivity contribution in [3.8, 4) is 11.5 Å². The normalized spacial score (nSPS) is 10.5. The molecule has 1 aromatic carbocycles. The molecule has 1 amide bonds. The number of benzene rings is 1. The Hall–Kier alpha value is -2.80. The van der Waals surface area contributed by atoms with Crippen LogP contribution in [0.5, 0.6) is 11.5 Å². The molecule has 0 aliphatic heterocycles. The van der Waals surface area contributed by atoms with Crippen LogP contribution in [0.15, 0.2) is 41.8 Å². The van der Waals surface area contributed by atoms with Crippen LogP contribution in [-0.4, -0.2) is 31.7 Å². The van der Waals surface area contributed by atoms with Crippen LogP contribution in [0.4, 0.5) is 5.69 Å². The van der Waals surface area contributed by atoms with Crippen LogP contribution in [0.3, 0.4) is 0 Å². The maximum Gasteiger partial charge on any atom is 0.331 e. The second kappa shape index (κ2) is 10.2. The summed E-state index contributed by atoms with van der Waals surface area (Å²) >= 11 is 1.50. The van der Waals surface area contributed by atoms with Crippen LogP contribution in [0.1, 0.15) is 18.7 Å². The maximum atomic E-state index is 11.9. The fourth-order valence-electron chi connectivity index (χ4n) is 2.05. The molecule has 0 aliphatic carbocycles. The molecule has 26 heavy (non-hydrogen) atoms. The number of hydrogen-bond donors (Lipinski definition) is 1. The lowest BCUT2D eigenvalue weighted by atomic mass is 10.2. The molecule has 0 spiro atoms. The van der Waals surface area contributed by atoms with Gasteiger partial charge in [0.2, 0.25) is 0 Å². The van der Waals surface area contributed by atoms with E-state index in [-0.39, 0.29) is 6.61 Å². The monoisotopic (exact) mass is 375 g/mol. The summed E-state index contributed by atoms with van der Waals surface area (Å²) in [5.74, 6) is 0.144. The molecule has 0 saturated heterocycles. The van der Waals surface area contributed by atoms with Crippen LogP contribution >= 0.6 is 11.3 Å². The standard InChI is InChI=1S/C19H21NO5S/c1-3-23-16-9-7-14(12-17(16)24-4-2)20-18(21)13-25-19(22)10-8-15-6-5-11-26-15/h5-12H,3-4,13H2,1-2H3,(H,20,21)/b10-8+. The van der Waals surface area contributed by atoms with Crippen molar-refractivity contribution in [2.45, 2.75) is 13.8 Å². The molecule has 0 aliphatic rings. The average Bonchev–Trinajstić information content (AvgIpc) is 3.14. The van der Waals surface area contributed by atoms with E-state index in [0.29, 0.717) is 30.4 Å². The quantitative estimate of drug-likeness (QED) is 0.534. The number of thiophene rings is 1. The molecule has 0 atom stereocenters. The average molecular weight is 375 g/mol. The van der Waals surface area contributed by atoms with Gasteiger partial charge in [-0.25, -0.2) is 4.79 Å². The lowest BCUT2D eigenvalue weighted by Gasteiger charge is -2.13.